The Morgan fingerprint density at radius 2 is 1.92 bits per heavy atom. The van der Waals surface area contributed by atoms with Crippen LogP contribution in [0.25, 0.3) is 0 Å². The summed E-state index contributed by atoms with van der Waals surface area (Å²) < 4.78 is 0. The molecule has 1 atom stereocenters. The first-order valence-corrected chi connectivity index (χ1v) is 4.51. The zero-order chi connectivity index (χ0) is 8.81. The molecular formula is C11H15O. The first-order valence-electron chi connectivity index (χ1n) is 4.51. The third-order valence-corrected chi connectivity index (χ3v) is 2.23. The number of hydrogen-bond donors (Lipinski definition) is 0. The molecule has 1 unspecified atom stereocenters. The van der Waals surface area contributed by atoms with Crippen molar-refractivity contribution < 1.29 is 5.11 Å². The first kappa shape index (κ1) is 9.27. The third kappa shape index (κ3) is 2.35. The quantitative estimate of drug-likeness (QED) is 0.650. The summed E-state index contributed by atoms with van der Waals surface area (Å²) in [5.41, 5.74) is 1.30. The van der Waals surface area contributed by atoms with Crippen LogP contribution in [-0.2, 0) is 5.11 Å². The van der Waals surface area contributed by atoms with Crippen LogP contribution in [0.5, 0.6) is 0 Å². The number of rotatable bonds is 4. The molecule has 0 N–H and O–H groups in total. The van der Waals surface area contributed by atoms with Gasteiger partial charge in [0.2, 0.25) is 0 Å². The lowest BCUT2D eigenvalue weighted by Crippen LogP contribution is -1.98. The molecule has 1 aromatic carbocycles. The zero-order valence-corrected chi connectivity index (χ0v) is 7.49. The maximum Gasteiger partial charge on any atom is 0.0828 e. The van der Waals surface area contributed by atoms with E-state index in [0.29, 0.717) is 5.92 Å². The van der Waals surface area contributed by atoms with Crippen molar-refractivity contribution in [2.75, 3.05) is 6.61 Å². The van der Waals surface area contributed by atoms with E-state index in [4.69, 9.17) is 0 Å². The molecule has 1 heteroatoms. The summed E-state index contributed by atoms with van der Waals surface area (Å²) in [6.45, 7) is 2.17. The lowest BCUT2D eigenvalue weighted by molar-refractivity contribution is 0.180. The highest BCUT2D eigenvalue weighted by Crippen LogP contribution is 2.21. The van der Waals surface area contributed by atoms with Crippen LogP contribution in [0.1, 0.15) is 31.2 Å². The van der Waals surface area contributed by atoms with Crippen LogP contribution >= 0.6 is 0 Å². The molecular weight excluding hydrogens is 148 g/mol. The Labute approximate surface area is 74.1 Å². The monoisotopic (exact) mass is 163 g/mol. The van der Waals surface area contributed by atoms with Gasteiger partial charge in [0, 0.05) is 0 Å². The van der Waals surface area contributed by atoms with Crippen molar-refractivity contribution in [1.29, 1.82) is 0 Å². The Bertz CT molecular complexity index is 206. The van der Waals surface area contributed by atoms with Crippen molar-refractivity contribution >= 4 is 0 Å². The predicted molar refractivity (Wildman–Crippen MR) is 49.6 cm³/mol. The van der Waals surface area contributed by atoms with Gasteiger partial charge < -0.3 is 0 Å². The van der Waals surface area contributed by atoms with Gasteiger partial charge >= 0.3 is 0 Å². The van der Waals surface area contributed by atoms with Crippen LogP contribution < -0.4 is 0 Å². The Morgan fingerprint density at radius 1 is 1.25 bits per heavy atom. The molecule has 1 rings (SSSR count). The second kappa shape index (κ2) is 4.94. The number of benzene rings is 1. The van der Waals surface area contributed by atoms with Crippen LogP contribution in [-0.4, -0.2) is 6.61 Å². The minimum Gasteiger partial charge on any atom is -0.237 e. The molecule has 0 aliphatic carbocycles. The van der Waals surface area contributed by atoms with Crippen molar-refractivity contribution in [1.82, 2.24) is 0 Å². The summed E-state index contributed by atoms with van der Waals surface area (Å²) in [5, 5.41) is 10.5. The topological polar surface area (TPSA) is 19.9 Å². The largest absolute Gasteiger partial charge is 0.237 e. The van der Waals surface area contributed by atoms with E-state index in [1.54, 1.807) is 0 Å². The third-order valence-electron chi connectivity index (χ3n) is 2.23. The van der Waals surface area contributed by atoms with Crippen LogP contribution in [0.3, 0.4) is 0 Å². The summed E-state index contributed by atoms with van der Waals surface area (Å²) >= 11 is 0. The van der Waals surface area contributed by atoms with Gasteiger partial charge in [-0.25, -0.2) is 5.11 Å². The molecule has 0 saturated heterocycles. The number of hydrogen-bond acceptors (Lipinski definition) is 0. The standard InChI is InChI=1S/C11H15O/c1-2-10(8-9-12)11-6-4-3-5-7-11/h3-7,10H,2,8-9H2,1H3. The Balaban J connectivity index is 2.66. The molecule has 0 fully saturated rings. The highest BCUT2D eigenvalue weighted by atomic mass is 16.3. The maximum atomic E-state index is 10.5. The molecule has 0 spiro atoms. The van der Waals surface area contributed by atoms with Crippen molar-refractivity contribution in [2.45, 2.75) is 25.7 Å². The lowest BCUT2D eigenvalue weighted by Gasteiger charge is -2.12. The summed E-state index contributed by atoms with van der Waals surface area (Å²) in [5.74, 6) is 0.462. The fourth-order valence-electron chi connectivity index (χ4n) is 1.47. The minimum atomic E-state index is 0.0351. The van der Waals surface area contributed by atoms with E-state index in [-0.39, 0.29) is 6.61 Å². The smallest absolute Gasteiger partial charge is 0.0828 e. The molecule has 12 heavy (non-hydrogen) atoms. The van der Waals surface area contributed by atoms with Crippen LogP contribution in [0.15, 0.2) is 30.3 Å². The van der Waals surface area contributed by atoms with Gasteiger partial charge in [0.25, 0.3) is 0 Å². The zero-order valence-electron chi connectivity index (χ0n) is 7.49. The van der Waals surface area contributed by atoms with Gasteiger partial charge in [0.05, 0.1) is 6.61 Å². The molecule has 1 aromatic rings. The fourth-order valence-corrected chi connectivity index (χ4v) is 1.47. The van der Waals surface area contributed by atoms with Crippen molar-refractivity contribution in [3.63, 3.8) is 0 Å². The SMILES string of the molecule is CCC(CC[O])c1ccccc1. The Kier molecular flexibility index (Phi) is 3.81. The van der Waals surface area contributed by atoms with E-state index in [0.717, 1.165) is 12.8 Å². The lowest BCUT2D eigenvalue weighted by atomic mass is 9.94. The van der Waals surface area contributed by atoms with Crippen molar-refractivity contribution in [3.05, 3.63) is 35.9 Å². The Morgan fingerprint density at radius 3 is 2.42 bits per heavy atom. The molecule has 1 radical (unpaired) electrons. The molecule has 0 aliphatic rings. The van der Waals surface area contributed by atoms with Gasteiger partial charge in [-0.05, 0) is 24.3 Å². The van der Waals surface area contributed by atoms with E-state index >= 15 is 0 Å². The van der Waals surface area contributed by atoms with Crippen LogP contribution in [0, 0.1) is 0 Å². The van der Waals surface area contributed by atoms with Gasteiger partial charge in [-0.1, -0.05) is 37.3 Å². The highest BCUT2D eigenvalue weighted by Gasteiger charge is 2.07. The summed E-state index contributed by atoms with van der Waals surface area (Å²) in [6, 6.07) is 10.3. The second-order valence-electron chi connectivity index (χ2n) is 3.01. The Hall–Kier alpha value is -0.820. The van der Waals surface area contributed by atoms with Crippen molar-refractivity contribution in [2.24, 2.45) is 0 Å². The van der Waals surface area contributed by atoms with Gasteiger partial charge in [-0.3, -0.25) is 0 Å². The van der Waals surface area contributed by atoms with Gasteiger partial charge in [0.15, 0.2) is 0 Å². The molecule has 0 saturated carbocycles. The summed E-state index contributed by atoms with van der Waals surface area (Å²) in [4.78, 5) is 0. The maximum absolute atomic E-state index is 10.5. The van der Waals surface area contributed by atoms with E-state index in [9.17, 15) is 5.11 Å². The molecule has 0 heterocycles. The molecule has 1 nitrogen and oxygen atoms in total. The molecule has 0 bridgehead atoms. The minimum absolute atomic E-state index is 0.0351. The van der Waals surface area contributed by atoms with Gasteiger partial charge in [-0.2, -0.15) is 0 Å². The highest BCUT2D eigenvalue weighted by molar-refractivity contribution is 5.19. The molecule has 0 aliphatic heterocycles. The van der Waals surface area contributed by atoms with E-state index in [1.165, 1.54) is 5.56 Å². The van der Waals surface area contributed by atoms with Gasteiger partial charge in [0.1, 0.15) is 0 Å². The average molecular weight is 163 g/mol. The molecule has 0 aromatic heterocycles. The summed E-state index contributed by atoms with van der Waals surface area (Å²) in [7, 11) is 0. The normalized spacial score (nSPS) is 12.8. The predicted octanol–water partition coefficient (Wildman–Crippen LogP) is 3.00. The van der Waals surface area contributed by atoms with Crippen molar-refractivity contribution in [3.8, 4) is 0 Å². The molecule has 65 valence electrons. The average Bonchev–Trinajstić information content (AvgIpc) is 2.15. The molecule has 0 amide bonds. The summed E-state index contributed by atoms with van der Waals surface area (Å²) in [6.07, 6.45) is 1.83. The van der Waals surface area contributed by atoms with Crippen LogP contribution in [0.2, 0.25) is 0 Å². The van der Waals surface area contributed by atoms with E-state index < -0.39 is 0 Å². The first-order chi connectivity index (χ1) is 5.88. The van der Waals surface area contributed by atoms with E-state index in [2.05, 4.69) is 19.1 Å². The fraction of sp³-hybridized carbons (Fsp3) is 0.455. The van der Waals surface area contributed by atoms with Crippen LogP contribution in [0.4, 0.5) is 0 Å². The second-order valence-corrected chi connectivity index (χ2v) is 3.01. The van der Waals surface area contributed by atoms with E-state index in [1.807, 2.05) is 18.2 Å². The van der Waals surface area contributed by atoms with Gasteiger partial charge in [-0.15, -0.1) is 0 Å².